The van der Waals surface area contributed by atoms with Gasteiger partial charge >= 0.3 is 0 Å². The molecule has 2 aromatic rings. The zero-order chi connectivity index (χ0) is 16.3. The van der Waals surface area contributed by atoms with Crippen LogP contribution in [-0.4, -0.2) is 22.3 Å². The highest BCUT2D eigenvalue weighted by Gasteiger charge is 2.54. The number of quaternary nitrogens is 1. The number of rotatable bonds is 4. The number of carbonyl (C=O) groups is 1. The Labute approximate surface area is 143 Å². The van der Waals surface area contributed by atoms with Gasteiger partial charge in [0.25, 0.3) is 0 Å². The van der Waals surface area contributed by atoms with Gasteiger partial charge in [-0.15, -0.1) is 0 Å². The third-order valence-corrected chi connectivity index (χ3v) is 6.96. The minimum atomic E-state index is 0.0143. The number of aromatic amines is 1. The second kappa shape index (κ2) is 5.19. The lowest BCUT2D eigenvalue weighted by Gasteiger charge is -2.55. The van der Waals surface area contributed by atoms with E-state index in [2.05, 4.69) is 23.3 Å². The Morgan fingerprint density at radius 1 is 1.12 bits per heavy atom. The van der Waals surface area contributed by atoms with Crippen molar-refractivity contribution in [1.29, 1.82) is 0 Å². The molecule has 4 aliphatic rings. The molecule has 0 amide bonds. The highest BCUT2D eigenvalue weighted by Crippen LogP contribution is 2.54. The van der Waals surface area contributed by atoms with Gasteiger partial charge in [0.1, 0.15) is 6.04 Å². The van der Waals surface area contributed by atoms with Crippen LogP contribution >= 0.6 is 0 Å². The second-order valence-corrected chi connectivity index (χ2v) is 8.85. The Morgan fingerprint density at radius 2 is 1.75 bits per heavy atom. The number of Topliss-reactive ketones (excluding diaryl/α,β-unsaturated/α-hetero) is 1. The molecule has 3 nitrogen and oxygen atoms in total. The summed E-state index contributed by atoms with van der Waals surface area (Å²) < 4.78 is 0. The maximum absolute atomic E-state index is 13.1. The Kier molecular flexibility index (Phi) is 3.18. The molecule has 1 atom stereocenters. The summed E-state index contributed by atoms with van der Waals surface area (Å²) >= 11 is 0. The standard InChI is InChI=1S/C21H26N2O/c1-13(20(24)18-12-22-19-5-3-2-4-17(18)19)23-21-9-14-6-15(10-21)8-16(7-14)11-21/h2-5,12-16,22-23H,6-11H2,1H3/p+1/t13-,14?,15?,16?,21?/m0/s1. The van der Waals surface area contributed by atoms with Gasteiger partial charge in [-0.05, 0) is 50.0 Å². The molecule has 6 rings (SSSR count). The van der Waals surface area contributed by atoms with E-state index in [-0.39, 0.29) is 11.8 Å². The van der Waals surface area contributed by atoms with E-state index in [1.165, 1.54) is 38.5 Å². The van der Waals surface area contributed by atoms with Crippen molar-refractivity contribution in [1.82, 2.24) is 4.98 Å². The molecule has 0 aliphatic heterocycles. The van der Waals surface area contributed by atoms with Crippen LogP contribution in [0.2, 0.25) is 0 Å². The Hall–Kier alpha value is -1.61. The number of benzene rings is 1. The van der Waals surface area contributed by atoms with Crippen LogP contribution in [0.3, 0.4) is 0 Å². The zero-order valence-corrected chi connectivity index (χ0v) is 14.4. The van der Waals surface area contributed by atoms with E-state index in [0.717, 1.165) is 34.2 Å². The minimum Gasteiger partial charge on any atom is -0.360 e. The van der Waals surface area contributed by atoms with Crippen molar-refractivity contribution in [3.05, 3.63) is 36.0 Å². The fourth-order valence-corrected chi connectivity index (χ4v) is 6.51. The smallest absolute Gasteiger partial charge is 0.221 e. The Morgan fingerprint density at radius 3 is 2.42 bits per heavy atom. The van der Waals surface area contributed by atoms with E-state index in [9.17, 15) is 4.79 Å². The molecule has 3 heteroatoms. The van der Waals surface area contributed by atoms with Crippen molar-refractivity contribution >= 4 is 16.7 Å². The van der Waals surface area contributed by atoms with Gasteiger partial charge in [0, 0.05) is 41.9 Å². The minimum absolute atomic E-state index is 0.0143. The van der Waals surface area contributed by atoms with Crippen molar-refractivity contribution in [3.8, 4) is 0 Å². The molecule has 126 valence electrons. The monoisotopic (exact) mass is 323 g/mol. The topological polar surface area (TPSA) is 49.5 Å². The predicted molar refractivity (Wildman–Crippen MR) is 94.9 cm³/mol. The second-order valence-electron chi connectivity index (χ2n) is 8.85. The molecule has 24 heavy (non-hydrogen) atoms. The Bertz CT molecular complexity index is 755. The lowest BCUT2D eigenvalue weighted by atomic mass is 9.53. The molecule has 0 radical (unpaired) electrons. The van der Waals surface area contributed by atoms with E-state index in [1.807, 2.05) is 24.4 Å². The normalized spacial score (nSPS) is 35.5. The van der Waals surface area contributed by atoms with Crippen LogP contribution in [0.15, 0.2) is 30.5 Å². The third kappa shape index (κ3) is 2.25. The van der Waals surface area contributed by atoms with Gasteiger partial charge in [0.2, 0.25) is 5.78 Å². The number of carbonyl (C=O) groups excluding carboxylic acids is 1. The number of ketones is 1. The number of hydrogen-bond donors (Lipinski definition) is 2. The summed E-state index contributed by atoms with van der Waals surface area (Å²) in [5.74, 6) is 3.08. The lowest BCUT2D eigenvalue weighted by molar-refractivity contribution is -0.753. The molecule has 0 spiro atoms. The summed E-state index contributed by atoms with van der Waals surface area (Å²) in [7, 11) is 0. The quantitative estimate of drug-likeness (QED) is 0.834. The number of nitrogens with two attached hydrogens (primary N) is 1. The SMILES string of the molecule is C[C@H]([NH2+]C12CC3CC(CC(C3)C1)C2)C(=O)c1c[nH]c2ccccc12. The molecule has 3 N–H and O–H groups in total. The van der Waals surface area contributed by atoms with Crippen molar-refractivity contribution in [2.45, 2.75) is 57.0 Å². The van der Waals surface area contributed by atoms with Crippen molar-refractivity contribution < 1.29 is 10.1 Å². The summed E-state index contributed by atoms with van der Waals surface area (Å²) in [6, 6.07) is 8.13. The van der Waals surface area contributed by atoms with Gasteiger partial charge in [-0.3, -0.25) is 4.79 Å². The molecule has 1 aromatic carbocycles. The van der Waals surface area contributed by atoms with E-state index in [1.54, 1.807) is 0 Å². The van der Waals surface area contributed by atoms with Crippen molar-refractivity contribution in [2.75, 3.05) is 0 Å². The number of nitrogens with one attached hydrogen (secondary N) is 1. The van der Waals surface area contributed by atoms with Crippen LogP contribution in [0.1, 0.15) is 55.8 Å². The first-order valence-corrected chi connectivity index (χ1v) is 9.58. The van der Waals surface area contributed by atoms with Crippen LogP contribution in [0, 0.1) is 17.8 Å². The zero-order valence-electron chi connectivity index (χ0n) is 14.4. The average molecular weight is 323 g/mol. The predicted octanol–water partition coefficient (Wildman–Crippen LogP) is 3.27. The number of H-pyrrole nitrogens is 1. The van der Waals surface area contributed by atoms with Crippen molar-refractivity contribution in [2.24, 2.45) is 17.8 Å². The fourth-order valence-electron chi connectivity index (χ4n) is 6.51. The van der Waals surface area contributed by atoms with Crippen LogP contribution in [0.25, 0.3) is 10.9 Å². The summed E-state index contributed by atoms with van der Waals surface area (Å²) in [5, 5.41) is 3.52. The van der Waals surface area contributed by atoms with Gasteiger partial charge in [-0.25, -0.2) is 0 Å². The molecular formula is C21H27N2O+. The van der Waals surface area contributed by atoms with Crippen LogP contribution in [-0.2, 0) is 0 Å². The fraction of sp³-hybridized carbons (Fsp3) is 0.571. The van der Waals surface area contributed by atoms with Gasteiger partial charge in [0.15, 0.2) is 0 Å². The van der Waals surface area contributed by atoms with E-state index < -0.39 is 0 Å². The molecular weight excluding hydrogens is 296 g/mol. The summed E-state index contributed by atoms with van der Waals surface area (Å²) in [6.45, 7) is 2.11. The Balaban J connectivity index is 1.39. The first-order chi connectivity index (χ1) is 11.6. The molecule has 4 fully saturated rings. The summed E-state index contributed by atoms with van der Waals surface area (Å²) in [5.41, 5.74) is 2.28. The number of hydrogen-bond acceptors (Lipinski definition) is 1. The number of aromatic nitrogens is 1. The van der Waals surface area contributed by atoms with Crippen LogP contribution in [0.4, 0.5) is 0 Å². The average Bonchev–Trinajstić information content (AvgIpc) is 2.96. The molecule has 4 bridgehead atoms. The molecule has 4 aliphatic carbocycles. The molecule has 1 aromatic heterocycles. The van der Waals surface area contributed by atoms with Gasteiger partial charge in [-0.2, -0.15) is 0 Å². The molecule has 0 saturated heterocycles. The highest BCUT2D eigenvalue weighted by atomic mass is 16.1. The maximum Gasteiger partial charge on any atom is 0.221 e. The van der Waals surface area contributed by atoms with E-state index in [4.69, 9.17) is 0 Å². The van der Waals surface area contributed by atoms with E-state index in [0.29, 0.717) is 5.54 Å². The van der Waals surface area contributed by atoms with Gasteiger partial charge in [-0.1, -0.05) is 18.2 Å². The molecule has 1 heterocycles. The largest absolute Gasteiger partial charge is 0.360 e. The summed E-state index contributed by atoms with van der Waals surface area (Å²) in [6.07, 6.45) is 10.3. The lowest BCUT2D eigenvalue weighted by Crippen LogP contribution is -3.03. The van der Waals surface area contributed by atoms with E-state index >= 15 is 0 Å². The highest BCUT2D eigenvalue weighted by molar-refractivity contribution is 6.09. The maximum atomic E-state index is 13.1. The van der Waals surface area contributed by atoms with Crippen molar-refractivity contribution in [3.63, 3.8) is 0 Å². The van der Waals surface area contributed by atoms with Gasteiger partial charge < -0.3 is 10.3 Å². The number of fused-ring (bicyclic) bond motifs is 1. The third-order valence-electron chi connectivity index (χ3n) is 6.96. The molecule has 4 saturated carbocycles. The summed E-state index contributed by atoms with van der Waals surface area (Å²) in [4.78, 5) is 16.3. The van der Waals surface area contributed by atoms with Crippen LogP contribution < -0.4 is 5.32 Å². The first kappa shape index (κ1) is 14.7. The molecule has 0 unspecified atom stereocenters. The van der Waals surface area contributed by atoms with Gasteiger partial charge in [0.05, 0.1) is 5.54 Å². The number of para-hydroxylation sites is 1. The van der Waals surface area contributed by atoms with Crippen LogP contribution in [0.5, 0.6) is 0 Å². The first-order valence-electron chi connectivity index (χ1n) is 9.58.